The van der Waals surface area contributed by atoms with E-state index in [9.17, 15) is 0 Å². The van der Waals surface area contributed by atoms with Crippen LogP contribution in [-0.2, 0) is 0 Å². The van der Waals surface area contributed by atoms with Crippen molar-refractivity contribution < 1.29 is 4.42 Å². The van der Waals surface area contributed by atoms with Gasteiger partial charge in [0, 0.05) is 33.2 Å². The number of alkyl halides is 1. The quantitative estimate of drug-likeness (QED) is 0.561. The van der Waals surface area contributed by atoms with Crippen LogP contribution in [0, 0.1) is 13.8 Å². The SMILES string of the molecule is Cc1[nH]c2ccc(-c3nnc(SCCBr)o3)cc2c1C. The normalized spacial score (nSPS) is 11.3. The van der Waals surface area contributed by atoms with Crippen molar-refractivity contribution in [3.05, 3.63) is 29.5 Å². The van der Waals surface area contributed by atoms with Crippen molar-refractivity contribution in [2.24, 2.45) is 0 Å². The van der Waals surface area contributed by atoms with E-state index in [1.54, 1.807) is 11.8 Å². The van der Waals surface area contributed by atoms with Crippen LogP contribution in [0.3, 0.4) is 0 Å². The first-order valence-corrected chi connectivity index (χ1v) is 8.41. The molecule has 1 N–H and O–H groups in total. The monoisotopic (exact) mass is 351 g/mol. The second kappa shape index (κ2) is 5.61. The summed E-state index contributed by atoms with van der Waals surface area (Å²) in [5, 5.41) is 10.9. The molecule has 0 bridgehead atoms. The number of rotatable bonds is 4. The van der Waals surface area contributed by atoms with Crippen molar-refractivity contribution in [3.8, 4) is 11.5 Å². The van der Waals surface area contributed by atoms with Crippen molar-refractivity contribution in [1.29, 1.82) is 0 Å². The van der Waals surface area contributed by atoms with Gasteiger partial charge < -0.3 is 9.40 Å². The maximum atomic E-state index is 5.68. The third kappa shape index (κ3) is 2.50. The van der Waals surface area contributed by atoms with E-state index >= 15 is 0 Å². The number of nitrogens with zero attached hydrogens (tertiary/aromatic N) is 2. The molecule has 0 amide bonds. The number of nitrogens with one attached hydrogen (secondary N) is 1. The molecule has 3 rings (SSSR count). The maximum Gasteiger partial charge on any atom is 0.276 e. The van der Waals surface area contributed by atoms with Gasteiger partial charge in [-0.1, -0.05) is 27.7 Å². The van der Waals surface area contributed by atoms with Crippen LogP contribution in [0.15, 0.2) is 27.8 Å². The Kier molecular flexibility index (Phi) is 3.85. The molecule has 0 saturated heterocycles. The molecule has 0 fully saturated rings. The third-order valence-corrected chi connectivity index (χ3v) is 5.01. The predicted molar refractivity (Wildman–Crippen MR) is 85.6 cm³/mol. The van der Waals surface area contributed by atoms with Gasteiger partial charge in [0.05, 0.1) is 0 Å². The van der Waals surface area contributed by atoms with Gasteiger partial charge in [-0.3, -0.25) is 0 Å². The summed E-state index contributed by atoms with van der Waals surface area (Å²) in [4.78, 5) is 3.36. The van der Waals surface area contributed by atoms with Gasteiger partial charge in [-0.15, -0.1) is 10.2 Å². The molecule has 4 nitrogen and oxygen atoms in total. The summed E-state index contributed by atoms with van der Waals surface area (Å²) in [6, 6.07) is 6.16. The fourth-order valence-corrected chi connectivity index (χ4v) is 3.08. The van der Waals surface area contributed by atoms with Crippen LogP contribution >= 0.6 is 27.7 Å². The standard InChI is InChI=1S/C14H14BrN3OS/c1-8-9(2)16-12-4-3-10(7-11(8)12)13-17-18-14(19-13)20-6-5-15/h3-4,7,16H,5-6H2,1-2H3. The molecule has 0 radical (unpaired) electrons. The number of halogens is 1. The van der Waals surface area contributed by atoms with Crippen molar-refractivity contribution in [2.45, 2.75) is 19.1 Å². The van der Waals surface area contributed by atoms with Crippen molar-refractivity contribution >= 4 is 38.6 Å². The molecule has 3 aromatic rings. The summed E-state index contributed by atoms with van der Waals surface area (Å²) >= 11 is 4.94. The summed E-state index contributed by atoms with van der Waals surface area (Å²) in [6.45, 7) is 4.19. The predicted octanol–water partition coefficient (Wildman–Crippen LogP) is 4.32. The van der Waals surface area contributed by atoms with Gasteiger partial charge >= 0.3 is 0 Å². The highest BCUT2D eigenvalue weighted by molar-refractivity contribution is 9.09. The second-order valence-corrected chi connectivity index (χ2v) is 6.39. The summed E-state index contributed by atoms with van der Waals surface area (Å²) in [6.07, 6.45) is 0. The molecule has 0 aliphatic heterocycles. The Morgan fingerprint density at radius 2 is 2.15 bits per heavy atom. The van der Waals surface area contributed by atoms with Gasteiger partial charge in [-0.05, 0) is 37.6 Å². The number of thioether (sulfide) groups is 1. The van der Waals surface area contributed by atoms with Crippen LogP contribution in [0.25, 0.3) is 22.4 Å². The van der Waals surface area contributed by atoms with Gasteiger partial charge in [0.25, 0.3) is 5.22 Å². The van der Waals surface area contributed by atoms with Crippen LogP contribution in [0.2, 0.25) is 0 Å². The summed E-state index contributed by atoms with van der Waals surface area (Å²) in [5.41, 5.74) is 4.54. The third-order valence-electron chi connectivity index (χ3n) is 3.26. The van der Waals surface area contributed by atoms with E-state index < -0.39 is 0 Å². The van der Waals surface area contributed by atoms with E-state index in [1.807, 2.05) is 6.07 Å². The zero-order valence-electron chi connectivity index (χ0n) is 11.2. The molecule has 0 atom stereocenters. The Balaban J connectivity index is 1.97. The molecule has 2 aromatic heterocycles. The second-order valence-electron chi connectivity index (χ2n) is 4.55. The highest BCUT2D eigenvalue weighted by Gasteiger charge is 2.11. The van der Waals surface area contributed by atoms with Crippen LogP contribution in [0.5, 0.6) is 0 Å². The van der Waals surface area contributed by atoms with Crippen LogP contribution < -0.4 is 0 Å². The molecule has 20 heavy (non-hydrogen) atoms. The molecule has 1 aromatic carbocycles. The zero-order chi connectivity index (χ0) is 14.1. The van der Waals surface area contributed by atoms with Crippen molar-refractivity contribution in [2.75, 3.05) is 11.1 Å². The highest BCUT2D eigenvalue weighted by atomic mass is 79.9. The average molecular weight is 352 g/mol. The number of aryl methyl sites for hydroxylation is 2. The minimum Gasteiger partial charge on any atom is -0.411 e. The van der Waals surface area contributed by atoms with Gasteiger partial charge in [-0.25, -0.2) is 0 Å². The fourth-order valence-electron chi connectivity index (χ4n) is 2.10. The van der Waals surface area contributed by atoms with Crippen LogP contribution in [0.4, 0.5) is 0 Å². The number of aromatic amines is 1. The van der Waals surface area contributed by atoms with Gasteiger partial charge in [0.15, 0.2) is 0 Å². The number of hydrogen-bond acceptors (Lipinski definition) is 4. The lowest BCUT2D eigenvalue weighted by atomic mass is 10.1. The zero-order valence-corrected chi connectivity index (χ0v) is 13.6. The number of H-pyrrole nitrogens is 1. The molecular weight excluding hydrogens is 338 g/mol. The summed E-state index contributed by atoms with van der Waals surface area (Å²) in [7, 11) is 0. The Morgan fingerprint density at radius 1 is 1.30 bits per heavy atom. The molecule has 2 heterocycles. The largest absolute Gasteiger partial charge is 0.411 e. The number of aromatic nitrogens is 3. The molecule has 104 valence electrons. The smallest absolute Gasteiger partial charge is 0.276 e. The van der Waals surface area contributed by atoms with E-state index in [2.05, 4.69) is 57.1 Å². The lowest BCUT2D eigenvalue weighted by Crippen LogP contribution is -1.78. The molecule has 6 heteroatoms. The van der Waals surface area contributed by atoms with E-state index in [0.29, 0.717) is 11.1 Å². The number of fused-ring (bicyclic) bond motifs is 1. The van der Waals surface area contributed by atoms with Crippen LogP contribution in [0.1, 0.15) is 11.3 Å². The number of benzene rings is 1. The molecule has 0 spiro atoms. The Bertz CT molecular complexity index is 750. The molecule has 0 unspecified atom stereocenters. The van der Waals surface area contributed by atoms with Gasteiger partial charge in [0.1, 0.15) is 0 Å². The first-order valence-electron chi connectivity index (χ1n) is 6.30. The first kappa shape index (κ1) is 13.7. The van der Waals surface area contributed by atoms with E-state index in [-0.39, 0.29) is 0 Å². The van der Waals surface area contributed by atoms with E-state index in [0.717, 1.165) is 22.2 Å². The van der Waals surface area contributed by atoms with Gasteiger partial charge in [-0.2, -0.15) is 0 Å². The number of hydrogen-bond donors (Lipinski definition) is 1. The summed E-state index contributed by atoms with van der Waals surface area (Å²) < 4.78 is 5.68. The Hall–Kier alpha value is -1.27. The molecular formula is C14H14BrN3OS. The van der Waals surface area contributed by atoms with Crippen LogP contribution in [-0.4, -0.2) is 26.3 Å². The maximum absolute atomic E-state index is 5.68. The fraction of sp³-hybridized carbons (Fsp3) is 0.286. The lowest BCUT2D eigenvalue weighted by molar-refractivity contribution is 0.466. The highest BCUT2D eigenvalue weighted by Crippen LogP contribution is 2.28. The Morgan fingerprint density at radius 3 is 2.95 bits per heavy atom. The van der Waals surface area contributed by atoms with Gasteiger partial charge in [0.2, 0.25) is 5.89 Å². The molecule has 0 aliphatic rings. The minimum absolute atomic E-state index is 0.572. The van der Waals surface area contributed by atoms with E-state index in [1.165, 1.54) is 16.6 Å². The summed E-state index contributed by atoms with van der Waals surface area (Å²) in [5.74, 6) is 1.48. The topological polar surface area (TPSA) is 54.7 Å². The molecule has 0 saturated carbocycles. The lowest BCUT2D eigenvalue weighted by Gasteiger charge is -1.96. The minimum atomic E-state index is 0.572. The Labute approximate surface area is 129 Å². The van der Waals surface area contributed by atoms with Crippen molar-refractivity contribution in [1.82, 2.24) is 15.2 Å². The average Bonchev–Trinajstić information content (AvgIpc) is 3.03. The van der Waals surface area contributed by atoms with E-state index in [4.69, 9.17) is 4.42 Å². The molecule has 0 aliphatic carbocycles. The first-order chi connectivity index (χ1) is 9.69. The van der Waals surface area contributed by atoms with Crippen molar-refractivity contribution in [3.63, 3.8) is 0 Å².